The smallest absolute Gasteiger partial charge is 0.249 e. The first-order valence-electron chi connectivity index (χ1n) is 10.3. The van der Waals surface area contributed by atoms with Crippen LogP contribution in [-0.2, 0) is 16.0 Å². The van der Waals surface area contributed by atoms with Crippen molar-refractivity contribution in [3.8, 4) is 10.6 Å². The lowest BCUT2D eigenvalue weighted by molar-refractivity contribution is -0.126. The van der Waals surface area contributed by atoms with Crippen molar-refractivity contribution in [3.05, 3.63) is 65.2 Å². The van der Waals surface area contributed by atoms with Crippen molar-refractivity contribution in [3.63, 3.8) is 0 Å². The number of hydrogen-bond donors (Lipinski definition) is 2. The molecule has 0 radical (unpaired) electrons. The van der Waals surface area contributed by atoms with E-state index in [4.69, 9.17) is 11.6 Å². The Hall–Kier alpha value is -2.77. The third kappa shape index (κ3) is 7.15. The Morgan fingerprint density at radius 1 is 1.03 bits per heavy atom. The third-order valence-electron chi connectivity index (χ3n) is 4.69. The van der Waals surface area contributed by atoms with Crippen molar-refractivity contribution in [1.82, 2.24) is 15.5 Å². The highest BCUT2D eigenvalue weighted by molar-refractivity contribution is 7.18. The summed E-state index contributed by atoms with van der Waals surface area (Å²) in [6, 6.07) is 16.2. The number of carbonyl (C=O) groups is 2. The van der Waals surface area contributed by atoms with Crippen LogP contribution in [0.15, 0.2) is 54.6 Å². The Kier molecular flexibility index (Phi) is 8.55. The normalized spacial score (nSPS) is 11.7. The van der Waals surface area contributed by atoms with Gasteiger partial charge in [0.1, 0.15) is 11.0 Å². The first-order chi connectivity index (χ1) is 15.0. The molecule has 3 rings (SSSR count). The number of anilines is 1. The highest BCUT2D eigenvalue weighted by atomic mass is 35.5. The summed E-state index contributed by atoms with van der Waals surface area (Å²) in [6.45, 7) is 2.09. The van der Waals surface area contributed by atoms with E-state index < -0.39 is 6.04 Å². The van der Waals surface area contributed by atoms with Crippen LogP contribution in [0.5, 0.6) is 0 Å². The fraction of sp³-hybridized carbons (Fsp3) is 0.304. The maximum atomic E-state index is 13.0. The van der Waals surface area contributed by atoms with Crippen LogP contribution in [0.2, 0.25) is 5.02 Å². The number of nitrogens with one attached hydrogen (secondary N) is 2. The van der Waals surface area contributed by atoms with Gasteiger partial charge in [0.25, 0.3) is 0 Å². The SMILES string of the molecule is CCCCCC(=O)NC(Cc1ccccc1)C(=O)Nc1nnc(-c2ccc(Cl)cc2)s1. The van der Waals surface area contributed by atoms with Gasteiger partial charge in [0.15, 0.2) is 0 Å². The molecule has 2 N–H and O–H groups in total. The molecule has 2 aromatic carbocycles. The number of hydrogen-bond acceptors (Lipinski definition) is 5. The molecule has 2 amide bonds. The van der Waals surface area contributed by atoms with E-state index in [0.717, 1.165) is 30.4 Å². The van der Waals surface area contributed by atoms with Crippen molar-refractivity contribution in [2.75, 3.05) is 5.32 Å². The third-order valence-corrected chi connectivity index (χ3v) is 5.83. The zero-order valence-electron chi connectivity index (χ0n) is 17.3. The summed E-state index contributed by atoms with van der Waals surface area (Å²) in [5.74, 6) is -0.435. The van der Waals surface area contributed by atoms with E-state index in [-0.39, 0.29) is 11.8 Å². The summed E-state index contributed by atoms with van der Waals surface area (Å²) in [5.41, 5.74) is 1.84. The fourth-order valence-corrected chi connectivity index (χ4v) is 3.91. The summed E-state index contributed by atoms with van der Waals surface area (Å²) in [4.78, 5) is 25.3. The van der Waals surface area contributed by atoms with Gasteiger partial charge in [-0.2, -0.15) is 0 Å². The number of benzene rings is 2. The first-order valence-corrected chi connectivity index (χ1v) is 11.5. The largest absolute Gasteiger partial charge is 0.344 e. The molecule has 8 heteroatoms. The summed E-state index contributed by atoms with van der Waals surface area (Å²) >= 11 is 7.20. The molecule has 0 saturated carbocycles. The minimum Gasteiger partial charge on any atom is -0.344 e. The Bertz CT molecular complexity index is 992. The minimum atomic E-state index is -0.695. The van der Waals surface area contributed by atoms with Crippen LogP contribution in [0.1, 0.15) is 38.2 Å². The number of carbonyl (C=O) groups excluding carboxylic acids is 2. The Labute approximate surface area is 191 Å². The molecule has 6 nitrogen and oxygen atoms in total. The van der Waals surface area contributed by atoms with E-state index >= 15 is 0 Å². The standard InChI is InChI=1S/C23H25ClN4O2S/c1-2-3-5-10-20(29)25-19(15-16-8-6-4-7-9-16)21(30)26-23-28-27-22(31-23)17-11-13-18(24)14-12-17/h4,6-9,11-14,19H,2-3,5,10,15H2,1H3,(H,25,29)(H,26,28,30). The predicted octanol–water partition coefficient (Wildman–Crippen LogP) is 5.10. The average Bonchev–Trinajstić information content (AvgIpc) is 3.23. The second kappa shape index (κ2) is 11.6. The minimum absolute atomic E-state index is 0.122. The lowest BCUT2D eigenvalue weighted by atomic mass is 10.0. The summed E-state index contributed by atoms with van der Waals surface area (Å²) in [5, 5.41) is 15.6. The zero-order valence-corrected chi connectivity index (χ0v) is 18.9. The lowest BCUT2D eigenvalue weighted by Gasteiger charge is -2.18. The molecule has 0 spiro atoms. The molecule has 1 atom stereocenters. The number of halogens is 1. The van der Waals surface area contributed by atoms with Crippen molar-refractivity contribution in [2.24, 2.45) is 0 Å². The van der Waals surface area contributed by atoms with Crippen LogP contribution in [0.25, 0.3) is 10.6 Å². The van der Waals surface area contributed by atoms with E-state index in [9.17, 15) is 9.59 Å². The second-order valence-corrected chi connectivity index (χ2v) is 8.59. The van der Waals surface area contributed by atoms with Crippen molar-refractivity contribution in [1.29, 1.82) is 0 Å². The molecule has 3 aromatic rings. The molecule has 31 heavy (non-hydrogen) atoms. The number of amides is 2. The molecule has 0 bridgehead atoms. The maximum absolute atomic E-state index is 13.0. The van der Waals surface area contributed by atoms with Crippen molar-refractivity contribution >= 4 is 39.9 Å². The lowest BCUT2D eigenvalue weighted by Crippen LogP contribution is -2.45. The first kappa shape index (κ1) is 22.9. The Morgan fingerprint density at radius 2 is 1.77 bits per heavy atom. The molecule has 1 heterocycles. The van der Waals surface area contributed by atoms with Crippen molar-refractivity contribution in [2.45, 2.75) is 45.1 Å². The highest BCUT2D eigenvalue weighted by Crippen LogP contribution is 2.27. The van der Waals surface area contributed by atoms with Gasteiger partial charge in [0.2, 0.25) is 16.9 Å². The topological polar surface area (TPSA) is 84.0 Å². The Balaban J connectivity index is 1.68. The van der Waals surface area contributed by atoms with Gasteiger partial charge in [-0.25, -0.2) is 0 Å². The molecule has 1 aromatic heterocycles. The monoisotopic (exact) mass is 456 g/mol. The zero-order chi connectivity index (χ0) is 22.1. The van der Waals surface area contributed by atoms with Gasteiger partial charge < -0.3 is 5.32 Å². The molecule has 0 fully saturated rings. The molecular formula is C23H25ClN4O2S. The van der Waals surface area contributed by atoms with Gasteiger partial charge in [0, 0.05) is 23.4 Å². The van der Waals surface area contributed by atoms with Crippen LogP contribution in [-0.4, -0.2) is 28.1 Å². The van der Waals surface area contributed by atoms with Gasteiger partial charge in [-0.05, 0) is 24.1 Å². The van der Waals surface area contributed by atoms with E-state index in [2.05, 4.69) is 27.8 Å². The van der Waals surface area contributed by atoms with E-state index in [1.807, 2.05) is 42.5 Å². The van der Waals surface area contributed by atoms with Crippen LogP contribution in [0.4, 0.5) is 5.13 Å². The van der Waals surface area contributed by atoms with Gasteiger partial charge in [-0.15, -0.1) is 10.2 Å². The van der Waals surface area contributed by atoms with Crippen LogP contribution in [0, 0.1) is 0 Å². The molecule has 0 saturated heterocycles. The molecular weight excluding hydrogens is 432 g/mol. The van der Waals surface area contributed by atoms with Crippen molar-refractivity contribution < 1.29 is 9.59 Å². The van der Waals surface area contributed by atoms with Gasteiger partial charge >= 0.3 is 0 Å². The number of rotatable bonds is 10. The average molecular weight is 457 g/mol. The van der Waals surface area contributed by atoms with Gasteiger partial charge in [-0.1, -0.05) is 85.2 Å². The maximum Gasteiger partial charge on any atom is 0.249 e. The molecule has 162 valence electrons. The fourth-order valence-electron chi connectivity index (χ4n) is 3.04. The predicted molar refractivity (Wildman–Crippen MR) is 125 cm³/mol. The van der Waals surface area contributed by atoms with E-state index in [1.165, 1.54) is 11.3 Å². The Morgan fingerprint density at radius 3 is 2.48 bits per heavy atom. The summed E-state index contributed by atoms with van der Waals surface area (Å²) < 4.78 is 0. The van der Waals surface area contributed by atoms with Crippen LogP contribution < -0.4 is 10.6 Å². The van der Waals surface area contributed by atoms with Crippen LogP contribution in [0.3, 0.4) is 0 Å². The molecule has 1 unspecified atom stereocenters. The van der Waals surface area contributed by atoms with E-state index in [1.54, 1.807) is 12.1 Å². The number of unbranched alkanes of at least 4 members (excludes halogenated alkanes) is 2. The number of aromatic nitrogens is 2. The van der Waals surface area contributed by atoms with Gasteiger partial charge in [-0.3, -0.25) is 14.9 Å². The van der Waals surface area contributed by atoms with E-state index in [0.29, 0.717) is 28.0 Å². The molecule has 0 aliphatic heterocycles. The second-order valence-electron chi connectivity index (χ2n) is 7.18. The molecule has 0 aliphatic rings. The quantitative estimate of drug-likeness (QED) is 0.415. The van der Waals surface area contributed by atoms with Gasteiger partial charge in [0.05, 0.1) is 0 Å². The summed E-state index contributed by atoms with van der Waals surface area (Å²) in [7, 11) is 0. The van der Waals surface area contributed by atoms with Crippen LogP contribution >= 0.6 is 22.9 Å². The highest BCUT2D eigenvalue weighted by Gasteiger charge is 2.22. The summed E-state index contributed by atoms with van der Waals surface area (Å²) in [6.07, 6.45) is 3.64. The molecule has 0 aliphatic carbocycles. The number of nitrogens with zero attached hydrogens (tertiary/aromatic N) is 2.